The molecule has 0 aromatic carbocycles. The van der Waals surface area contributed by atoms with Crippen molar-refractivity contribution in [3.63, 3.8) is 0 Å². The van der Waals surface area contributed by atoms with E-state index in [0.29, 0.717) is 12.0 Å². The monoisotopic (exact) mass is 143 g/mol. The van der Waals surface area contributed by atoms with Crippen molar-refractivity contribution in [2.45, 2.75) is 13.3 Å². The summed E-state index contributed by atoms with van der Waals surface area (Å²) in [5.74, 6) is 0. The van der Waals surface area contributed by atoms with E-state index in [1.807, 2.05) is 6.07 Å². The van der Waals surface area contributed by atoms with Gasteiger partial charge >= 0.3 is 0 Å². The Bertz CT molecular complexity index is 299. The first-order valence-corrected chi connectivity index (χ1v) is 3.32. The van der Waals surface area contributed by atoms with Crippen LogP contribution in [0.15, 0.2) is 17.7 Å². The van der Waals surface area contributed by atoms with E-state index in [1.54, 1.807) is 19.1 Å². The van der Waals surface area contributed by atoms with Gasteiger partial charge < -0.3 is 0 Å². The van der Waals surface area contributed by atoms with Gasteiger partial charge in [-0.2, -0.15) is 10.5 Å². The van der Waals surface area contributed by atoms with Gasteiger partial charge in [-0.15, -0.1) is 0 Å². The van der Waals surface area contributed by atoms with Crippen molar-refractivity contribution in [2.24, 2.45) is 5.41 Å². The minimum atomic E-state index is -0.649. The second kappa shape index (κ2) is 2.60. The highest BCUT2D eigenvalue weighted by Gasteiger charge is 2.29. The lowest BCUT2D eigenvalue weighted by Crippen LogP contribution is -2.17. The van der Waals surface area contributed by atoms with E-state index in [2.05, 4.69) is 12.1 Å². The molecule has 1 atom stereocenters. The topological polar surface area (TPSA) is 47.6 Å². The summed E-state index contributed by atoms with van der Waals surface area (Å²) in [7, 11) is 0. The molecular formula is C9H7N2. The van der Waals surface area contributed by atoms with Crippen LogP contribution in [0.1, 0.15) is 13.3 Å². The fraction of sp³-hybridized carbons (Fsp3) is 0.333. The van der Waals surface area contributed by atoms with Crippen LogP contribution in [-0.4, -0.2) is 0 Å². The Kier molecular flexibility index (Phi) is 1.79. The van der Waals surface area contributed by atoms with Gasteiger partial charge in [-0.05, 0) is 25.5 Å². The molecule has 0 bridgehead atoms. The van der Waals surface area contributed by atoms with E-state index in [0.717, 1.165) is 0 Å². The largest absolute Gasteiger partial charge is 0.197 e. The highest BCUT2D eigenvalue weighted by atomic mass is 14.4. The quantitative estimate of drug-likeness (QED) is 0.518. The van der Waals surface area contributed by atoms with Crippen molar-refractivity contribution in [3.05, 3.63) is 23.8 Å². The summed E-state index contributed by atoms with van der Waals surface area (Å²) in [6.45, 7) is 1.75. The average molecular weight is 143 g/mol. The van der Waals surface area contributed by atoms with Gasteiger partial charge in [-0.25, -0.2) is 0 Å². The predicted molar refractivity (Wildman–Crippen MR) is 39.8 cm³/mol. The molecule has 0 saturated carbocycles. The molecule has 0 aromatic rings. The summed E-state index contributed by atoms with van der Waals surface area (Å²) in [6.07, 6.45) is 6.77. The van der Waals surface area contributed by atoms with Crippen LogP contribution in [0.5, 0.6) is 0 Å². The standard InChI is InChI=1S/C9H7N2/c1-9(7-11)5-3-2-4-8(9)6-10/h2,4H,5H2,1H3. The molecule has 0 fully saturated rings. The molecule has 1 aliphatic rings. The molecule has 0 aliphatic heterocycles. The Morgan fingerprint density at radius 1 is 1.64 bits per heavy atom. The molecule has 0 N–H and O–H groups in total. The first-order valence-electron chi connectivity index (χ1n) is 3.32. The summed E-state index contributed by atoms with van der Waals surface area (Å²) in [5, 5.41) is 17.4. The molecule has 0 spiro atoms. The van der Waals surface area contributed by atoms with Gasteiger partial charge in [0.05, 0.1) is 17.6 Å². The van der Waals surface area contributed by atoms with Crippen LogP contribution < -0.4 is 0 Å². The zero-order valence-corrected chi connectivity index (χ0v) is 6.26. The van der Waals surface area contributed by atoms with E-state index < -0.39 is 5.41 Å². The summed E-state index contributed by atoms with van der Waals surface area (Å²) < 4.78 is 0. The summed E-state index contributed by atoms with van der Waals surface area (Å²) in [6, 6.07) is 4.12. The van der Waals surface area contributed by atoms with E-state index in [-0.39, 0.29) is 0 Å². The second-order valence-electron chi connectivity index (χ2n) is 2.68. The molecule has 2 nitrogen and oxygen atoms in total. The van der Waals surface area contributed by atoms with E-state index in [9.17, 15) is 0 Å². The molecular weight excluding hydrogens is 136 g/mol. The second-order valence-corrected chi connectivity index (χ2v) is 2.68. The fourth-order valence-electron chi connectivity index (χ4n) is 0.945. The fourth-order valence-corrected chi connectivity index (χ4v) is 0.945. The Morgan fingerprint density at radius 2 is 2.36 bits per heavy atom. The van der Waals surface area contributed by atoms with Crippen molar-refractivity contribution in [1.29, 1.82) is 10.5 Å². The van der Waals surface area contributed by atoms with Crippen LogP contribution in [0, 0.1) is 34.2 Å². The van der Waals surface area contributed by atoms with Crippen molar-refractivity contribution in [1.82, 2.24) is 0 Å². The maximum Gasteiger partial charge on any atom is 0.0964 e. The highest BCUT2D eigenvalue weighted by Crippen LogP contribution is 2.32. The van der Waals surface area contributed by atoms with Crippen molar-refractivity contribution < 1.29 is 0 Å². The number of rotatable bonds is 0. The molecule has 11 heavy (non-hydrogen) atoms. The first kappa shape index (κ1) is 7.57. The SMILES string of the molecule is CC1(C#N)C[C]=CC=C1C#N. The average Bonchev–Trinajstić information content (AvgIpc) is 2.05. The third kappa shape index (κ3) is 1.16. The summed E-state index contributed by atoms with van der Waals surface area (Å²) in [4.78, 5) is 0. The maximum absolute atomic E-state index is 8.76. The van der Waals surface area contributed by atoms with E-state index in [4.69, 9.17) is 10.5 Å². The van der Waals surface area contributed by atoms with Crippen molar-refractivity contribution >= 4 is 0 Å². The van der Waals surface area contributed by atoms with Crippen molar-refractivity contribution in [2.75, 3.05) is 0 Å². The number of hydrogen-bond donors (Lipinski definition) is 0. The molecule has 1 unspecified atom stereocenters. The zero-order valence-electron chi connectivity index (χ0n) is 6.26. The van der Waals surface area contributed by atoms with Crippen LogP contribution in [0.4, 0.5) is 0 Å². The van der Waals surface area contributed by atoms with Gasteiger partial charge in [0.25, 0.3) is 0 Å². The minimum absolute atomic E-state index is 0.517. The normalized spacial score (nSPS) is 28.5. The van der Waals surface area contributed by atoms with Gasteiger partial charge in [0.1, 0.15) is 0 Å². The van der Waals surface area contributed by atoms with Crippen LogP contribution in [-0.2, 0) is 0 Å². The number of allylic oxidation sites excluding steroid dienone is 4. The molecule has 2 heteroatoms. The molecule has 1 radical (unpaired) electrons. The Hall–Kier alpha value is -1.54. The van der Waals surface area contributed by atoms with Gasteiger partial charge in [0.15, 0.2) is 0 Å². The lowest BCUT2D eigenvalue weighted by atomic mass is 9.78. The van der Waals surface area contributed by atoms with Gasteiger partial charge in [0.2, 0.25) is 0 Å². The molecule has 0 saturated heterocycles. The van der Waals surface area contributed by atoms with Crippen molar-refractivity contribution in [3.8, 4) is 12.1 Å². The molecule has 0 amide bonds. The zero-order chi connectivity index (χ0) is 8.32. The van der Waals surface area contributed by atoms with Crippen LogP contribution in [0.3, 0.4) is 0 Å². The van der Waals surface area contributed by atoms with Crippen LogP contribution in [0.2, 0.25) is 0 Å². The molecule has 1 aliphatic carbocycles. The predicted octanol–water partition coefficient (Wildman–Crippen LogP) is 1.73. The third-order valence-electron chi connectivity index (χ3n) is 1.79. The highest BCUT2D eigenvalue weighted by molar-refractivity contribution is 5.39. The smallest absolute Gasteiger partial charge is 0.0964 e. The van der Waals surface area contributed by atoms with Gasteiger partial charge in [0, 0.05) is 5.57 Å². The number of nitriles is 2. The Balaban J connectivity index is 3.06. The first-order chi connectivity index (χ1) is 5.23. The molecule has 53 valence electrons. The third-order valence-corrected chi connectivity index (χ3v) is 1.79. The molecule has 0 aromatic heterocycles. The molecule has 1 rings (SSSR count). The lowest BCUT2D eigenvalue weighted by molar-refractivity contribution is 0.540. The Morgan fingerprint density at radius 3 is 2.82 bits per heavy atom. The van der Waals surface area contributed by atoms with Crippen LogP contribution in [0.25, 0.3) is 0 Å². The Labute approximate surface area is 66.1 Å². The lowest BCUT2D eigenvalue weighted by Gasteiger charge is -2.20. The summed E-state index contributed by atoms with van der Waals surface area (Å²) >= 11 is 0. The number of nitrogens with zero attached hydrogens (tertiary/aromatic N) is 2. The van der Waals surface area contributed by atoms with Gasteiger partial charge in [-0.3, -0.25) is 0 Å². The minimum Gasteiger partial charge on any atom is -0.197 e. The van der Waals surface area contributed by atoms with E-state index >= 15 is 0 Å². The van der Waals surface area contributed by atoms with E-state index in [1.165, 1.54) is 0 Å². The maximum atomic E-state index is 8.76. The summed E-state index contributed by atoms with van der Waals surface area (Å²) in [5.41, 5.74) is -0.123. The van der Waals surface area contributed by atoms with Gasteiger partial charge in [-0.1, -0.05) is 6.08 Å². The number of hydrogen-bond acceptors (Lipinski definition) is 2. The van der Waals surface area contributed by atoms with Crippen LogP contribution >= 0.6 is 0 Å². The molecule has 0 heterocycles.